The van der Waals surface area contributed by atoms with Crippen LogP contribution in [-0.4, -0.2) is 51.9 Å². The van der Waals surface area contributed by atoms with Gasteiger partial charge in [0.1, 0.15) is 0 Å². The third-order valence-electron chi connectivity index (χ3n) is 5.69. The summed E-state index contributed by atoms with van der Waals surface area (Å²) in [5.41, 5.74) is 3.32. The molecule has 3 heterocycles. The summed E-state index contributed by atoms with van der Waals surface area (Å²) in [5.74, 6) is 0.477. The smallest absolute Gasteiger partial charge is 0.250 e. The molecule has 4 rings (SSSR count). The molecule has 26 heavy (non-hydrogen) atoms. The Morgan fingerprint density at radius 2 is 1.92 bits per heavy atom. The van der Waals surface area contributed by atoms with Gasteiger partial charge in [-0.15, -0.1) is 0 Å². The second kappa shape index (κ2) is 7.03. The zero-order chi connectivity index (χ0) is 18.1. The first kappa shape index (κ1) is 17.0. The number of nitrogens with zero attached hydrogens (tertiary/aromatic N) is 3. The van der Waals surface area contributed by atoms with Crippen molar-refractivity contribution in [2.75, 3.05) is 20.1 Å². The molecule has 0 unspecified atom stereocenters. The monoisotopic (exact) mass is 352 g/mol. The van der Waals surface area contributed by atoms with E-state index in [0.29, 0.717) is 0 Å². The standard InChI is InChI=1S/C20H24N4O2/c1-23-12-16-5-3-2-4-15(16)10-18(23)20(26)24-8-6-14(7-9-24)17-11-19(25)22-13-21-17/h2-5,11,13-14,18H,6-10,12H2,1H3,(H,21,22,25)/t18-/m0/s1. The van der Waals surface area contributed by atoms with E-state index in [-0.39, 0.29) is 23.4 Å². The van der Waals surface area contributed by atoms with Crippen LogP contribution < -0.4 is 5.56 Å². The van der Waals surface area contributed by atoms with Gasteiger partial charge >= 0.3 is 0 Å². The van der Waals surface area contributed by atoms with Gasteiger partial charge < -0.3 is 9.88 Å². The molecule has 0 aliphatic carbocycles. The number of nitrogens with one attached hydrogen (secondary N) is 1. The Hall–Kier alpha value is -2.47. The number of aromatic amines is 1. The summed E-state index contributed by atoms with van der Waals surface area (Å²) in [5, 5.41) is 0. The van der Waals surface area contributed by atoms with Crippen LogP contribution in [0.25, 0.3) is 0 Å². The molecule has 6 heteroatoms. The van der Waals surface area contributed by atoms with Gasteiger partial charge in [0.2, 0.25) is 5.91 Å². The van der Waals surface area contributed by atoms with Gasteiger partial charge in [0.15, 0.2) is 0 Å². The number of amides is 1. The highest BCUT2D eigenvalue weighted by Gasteiger charge is 2.34. The van der Waals surface area contributed by atoms with Crippen molar-refractivity contribution in [1.29, 1.82) is 0 Å². The molecule has 0 saturated carbocycles. The minimum atomic E-state index is -0.115. The van der Waals surface area contributed by atoms with Crippen LogP contribution in [0.1, 0.15) is 35.6 Å². The fourth-order valence-corrected chi connectivity index (χ4v) is 4.14. The van der Waals surface area contributed by atoms with Crippen LogP contribution in [0.4, 0.5) is 0 Å². The molecule has 1 aromatic carbocycles. The summed E-state index contributed by atoms with van der Waals surface area (Å²) in [6.45, 7) is 2.27. The Labute approximate surface area is 152 Å². The molecule has 1 N–H and O–H groups in total. The largest absolute Gasteiger partial charge is 0.341 e. The number of rotatable bonds is 2. The van der Waals surface area contributed by atoms with Crippen molar-refractivity contribution in [3.63, 3.8) is 0 Å². The third-order valence-corrected chi connectivity index (χ3v) is 5.69. The fraction of sp³-hybridized carbons (Fsp3) is 0.450. The van der Waals surface area contributed by atoms with Gasteiger partial charge in [-0.25, -0.2) is 4.98 Å². The van der Waals surface area contributed by atoms with Crippen LogP contribution in [0.15, 0.2) is 41.5 Å². The van der Waals surface area contributed by atoms with E-state index in [2.05, 4.69) is 33.1 Å². The molecule has 1 amide bonds. The van der Waals surface area contributed by atoms with Crippen LogP contribution in [0.2, 0.25) is 0 Å². The summed E-state index contributed by atoms with van der Waals surface area (Å²) in [6.07, 6.45) is 3.95. The van der Waals surface area contributed by atoms with Gasteiger partial charge in [-0.2, -0.15) is 0 Å². The lowest BCUT2D eigenvalue weighted by atomic mass is 9.91. The number of aromatic nitrogens is 2. The number of hydrogen-bond donors (Lipinski definition) is 1. The van der Waals surface area contributed by atoms with Crippen LogP contribution in [-0.2, 0) is 17.8 Å². The lowest BCUT2D eigenvalue weighted by Crippen LogP contribution is -2.51. The first-order valence-electron chi connectivity index (χ1n) is 9.22. The summed E-state index contributed by atoms with van der Waals surface area (Å²) in [6, 6.07) is 9.88. The minimum Gasteiger partial charge on any atom is -0.341 e. The Balaban J connectivity index is 1.41. The molecule has 1 fully saturated rings. The predicted octanol–water partition coefficient (Wildman–Crippen LogP) is 1.53. The summed E-state index contributed by atoms with van der Waals surface area (Å²) < 4.78 is 0. The zero-order valence-corrected chi connectivity index (χ0v) is 15.0. The van der Waals surface area contributed by atoms with Crippen molar-refractivity contribution >= 4 is 5.91 Å². The van der Waals surface area contributed by atoms with Crippen LogP contribution in [0.3, 0.4) is 0 Å². The van der Waals surface area contributed by atoms with E-state index < -0.39 is 0 Å². The van der Waals surface area contributed by atoms with E-state index in [1.165, 1.54) is 17.5 Å². The highest BCUT2D eigenvalue weighted by atomic mass is 16.2. The van der Waals surface area contributed by atoms with Crippen molar-refractivity contribution in [3.8, 4) is 0 Å². The van der Waals surface area contributed by atoms with Crippen LogP contribution in [0.5, 0.6) is 0 Å². The Morgan fingerprint density at radius 3 is 2.65 bits per heavy atom. The average Bonchev–Trinajstić information content (AvgIpc) is 2.67. The number of carbonyl (C=O) groups excluding carboxylic acids is 1. The van der Waals surface area contributed by atoms with E-state index in [4.69, 9.17) is 0 Å². The number of H-pyrrole nitrogens is 1. The predicted molar refractivity (Wildman–Crippen MR) is 98.8 cm³/mol. The highest BCUT2D eigenvalue weighted by Crippen LogP contribution is 2.28. The number of piperidine rings is 1. The van der Waals surface area contributed by atoms with Crippen molar-refractivity contribution in [3.05, 3.63) is 63.8 Å². The minimum absolute atomic E-state index is 0.0841. The number of carbonyl (C=O) groups is 1. The second-order valence-electron chi connectivity index (χ2n) is 7.34. The maximum Gasteiger partial charge on any atom is 0.250 e. The van der Waals surface area contributed by atoms with Gasteiger partial charge in [-0.3, -0.25) is 14.5 Å². The first-order valence-corrected chi connectivity index (χ1v) is 9.22. The first-order chi connectivity index (χ1) is 12.6. The average molecular weight is 352 g/mol. The maximum absolute atomic E-state index is 13.1. The van der Waals surface area contributed by atoms with Gasteiger partial charge in [0.25, 0.3) is 5.56 Å². The lowest BCUT2D eigenvalue weighted by molar-refractivity contribution is -0.138. The molecule has 2 aromatic rings. The summed E-state index contributed by atoms with van der Waals surface area (Å²) in [4.78, 5) is 35.6. The van der Waals surface area contributed by atoms with E-state index in [1.807, 2.05) is 18.0 Å². The summed E-state index contributed by atoms with van der Waals surface area (Å²) in [7, 11) is 2.03. The molecule has 2 aliphatic heterocycles. The molecule has 136 valence electrons. The topological polar surface area (TPSA) is 69.3 Å². The lowest BCUT2D eigenvalue weighted by Gasteiger charge is -2.39. The van der Waals surface area contributed by atoms with Crippen molar-refractivity contribution in [2.45, 2.75) is 37.8 Å². The van der Waals surface area contributed by atoms with Crippen molar-refractivity contribution in [2.24, 2.45) is 0 Å². The van der Waals surface area contributed by atoms with E-state index in [0.717, 1.165) is 44.6 Å². The molecular weight excluding hydrogens is 328 g/mol. The summed E-state index contributed by atoms with van der Waals surface area (Å²) >= 11 is 0. The Morgan fingerprint density at radius 1 is 1.19 bits per heavy atom. The highest BCUT2D eigenvalue weighted by molar-refractivity contribution is 5.82. The van der Waals surface area contributed by atoms with E-state index in [1.54, 1.807) is 6.07 Å². The molecule has 0 spiro atoms. The van der Waals surface area contributed by atoms with Crippen LogP contribution >= 0.6 is 0 Å². The molecule has 1 saturated heterocycles. The number of fused-ring (bicyclic) bond motifs is 1. The Kier molecular flexibility index (Phi) is 4.59. The van der Waals surface area contributed by atoms with Gasteiger partial charge in [-0.1, -0.05) is 24.3 Å². The molecule has 1 aromatic heterocycles. The number of likely N-dealkylation sites (tertiary alicyclic amines) is 1. The Bertz CT molecular complexity index is 855. The molecule has 0 bridgehead atoms. The molecular formula is C20H24N4O2. The fourth-order valence-electron chi connectivity index (χ4n) is 4.14. The van der Waals surface area contributed by atoms with Gasteiger partial charge in [0, 0.05) is 31.6 Å². The van der Waals surface area contributed by atoms with E-state index in [9.17, 15) is 9.59 Å². The molecule has 2 aliphatic rings. The van der Waals surface area contributed by atoms with Crippen molar-refractivity contribution in [1.82, 2.24) is 19.8 Å². The quantitative estimate of drug-likeness (QED) is 0.890. The molecule has 0 radical (unpaired) electrons. The zero-order valence-electron chi connectivity index (χ0n) is 15.0. The number of benzene rings is 1. The maximum atomic E-state index is 13.1. The van der Waals surface area contributed by atoms with Gasteiger partial charge in [0.05, 0.1) is 18.1 Å². The van der Waals surface area contributed by atoms with Crippen molar-refractivity contribution < 1.29 is 4.79 Å². The third kappa shape index (κ3) is 3.29. The van der Waals surface area contributed by atoms with Crippen LogP contribution in [0, 0.1) is 0 Å². The number of likely N-dealkylation sites (N-methyl/N-ethyl adjacent to an activating group) is 1. The number of hydrogen-bond acceptors (Lipinski definition) is 4. The SMILES string of the molecule is CN1Cc2ccccc2C[C@H]1C(=O)N1CCC(c2cc(=O)[nH]cn2)CC1. The second-order valence-corrected chi connectivity index (χ2v) is 7.34. The molecule has 1 atom stereocenters. The molecule has 6 nitrogen and oxygen atoms in total. The normalized spacial score (nSPS) is 21.4. The van der Waals surface area contributed by atoms with Gasteiger partial charge in [-0.05, 0) is 37.4 Å². The van der Waals surface area contributed by atoms with E-state index >= 15 is 0 Å².